The largest absolute Gasteiger partial charge is 0.445 e. The van der Waals surface area contributed by atoms with Gasteiger partial charge >= 0.3 is 0 Å². The van der Waals surface area contributed by atoms with E-state index in [1.165, 1.54) is 0 Å². The van der Waals surface area contributed by atoms with Gasteiger partial charge in [-0.3, -0.25) is 4.79 Å². The molecule has 1 aromatic rings. The van der Waals surface area contributed by atoms with Crippen molar-refractivity contribution < 1.29 is 9.21 Å². The summed E-state index contributed by atoms with van der Waals surface area (Å²) in [6.45, 7) is 9.63. The van der Waals surface area contributed by atoms with Crippen LogP contribution in [-0.4, -0.2) is 43.0 Å². The van der Waals surface area contributed by atoms with Crippen LogP contribution in [0.3, 0.4) is 0 Å². The number of nitrogens with zero attached hydrogens (tertiary/aromatic N) is 2. The smallest absolute Gasteiger partial charge is 0.243 e. The lowest BCUT2D eigenvalue weighted by Gasteiger charge is -2.12. The van der Waals surface area contributed by atoms with Gasteiger partial charge in [0.1, 0.15) is 5.76 Å². The number of nitrogens with one attached hydrogen (secondary N) is 1. The number of rotatable bonds is 7. The maximum atomic E-state index is 11.6. The highest BCUT2D eigenvalue weighted by atomic mass is 16.4. The van der Waals surface area contributed by atoms with Crippen LogP contribution in [0.25, 0.3) is 0 Å². The minimum atomic E-state index is -0.0749. The first-order valence-corrected chi connectivity index (χ1v) is 7.76. The molecule has 1 rings (SSSR count). The van der Waals surface area contributed by atoms with Crippen molar-refractivity contribution in [3.05, 3.63) is 29.5 Å². The minimum absolute atomic E-state index is 0.0495. The van der Waals surface area contributed by atoms with Crippen LogP contribution in [0.1, 0.15) is 44.5 Å². The number of oxazole rings is 1. The Morgan fingerprint density at radius 3 is 2.59 bits per heavy atom. The first-order valence-electron chi connectivity index (χ1n) is 7.76. The Morgan fingerprint density at radius 1 is 1.36 bits per heavy atom. The third-order valence-electron chi connectivity index (χ3n) is 3.15. The lowest BCUT2D eigenvalue weighted by atomic mass is 9.97. The molecule has 0 bridgehead atoms. The predicted molar refractivity (Wildman–Crippen MR) is 89.0 cm³/mol. The van der Waals surface area contributed by atoms with E-state index in [2.05, 4.69) is 31.1 Å². The second-order valence-corrected chi connectivity index (χ2v) is 6.84. The van der Waals surface area contributed by atoms with Crippen molar-refractivity contribution in [3.63, 3.8) is 0 Å². The Balaban J connectivity index is 2.35. The third-order valence-corrected chi connectivity index (χ3v) is 3.15. The van der Waals surface area contributed by atoms with Crippen LogP contribution < -0.4 is 5.32 Å². The van der Waals surface area contributed by atoms with Gasteiger partial charge in [-0.1, -0.05) is 26.8 Å². The maximum absolute atomic E-state index is 11.6. The fourth-order valence-corrected chi connectivity index (χ4v) is 1.87. The molecule has 0 aliphatic heterocycles. The molecule has 0 aromatic carbocycles. The average Bonchev–Trinajstić information content (AvgIpc) is 2.76. The molecule has 124 valence electrons. The zero-order valence-corrected chi connectivity index (χ0v) is 14.7. The SMILES string of the molecule is Cc1nc(C(C)(C)C)oc1CCCNC(=O)/C=C/CN(C)C. The van der Waals surface area contributed by atoms with E-state index in [1.807, 2.05) is 32.0 Å². The van der Waals surface area contributed by atoms with Crippen LogP contribution >= 0.6 is 0 Å². The summed E-state index contributed by atoms with van der Waals surface area (Å²) >= 11 is 0. The van der Waals surface area contributed by atoms with Gasteiger partial charge in [-0.05, 0) is 27.4 Å². The van der Waals surface area contributed by atoms with Crippen molar-refractivity contribution in [3.8, 4) is 0 Å². The summed E-state index contributed by atoms with van der Waals surface area (Å²) in [5, 5.41) is 2.88. The van der Waals surface area contributed by atoms with Crippen LogP contribution in [0.2, 0.25) is 0 Å². The average molecular weight is 307 g/mol. The van der Waals surface area contributed by atoms with Crippen LogP contribution in [0.5, 0.6) is 0 Å². The van der Waals surface area contributed by atoms with Gasteiger partial charge < -0.3 is 14.6 Å². The van der Waals surface area contributed by atoms with Gasteiger partial charge in [0.2, 0.25) is 5.91 Å². The lowest BCUT2D eigenvalue weighted by Crippen LogP contribution is -2.23. The quantitative estimate of drug-likeness (QED) is 0.621. The molecule has 0 spiro atoms. The van der Waals surface area contributed by atoms with E-state index in [1.54, 1.807) is 6.08 Å². The monoisotopic (exact) mass is 307 g/mol. The van der Waals surface area contributed by atoms with E-state index in [0.717, 1.165) is 36.7 Å². The Labute approximate surface area is 133 Å². The molecule has 1 heterocycles. The highest BCUT2D eigenvalue weighted by molar-refractivity contribution is 5.87. The molecule has 0 aliphatic carbocycles. The van der Waals surface area contributed by atoms with Crippen molar-refractivity contribution in [2.24, 2.45) is 0 Å². The van der Waals surface area contributed by atoms with E-state index in [0.29, 0.717) is 6.54 Å². The summed E-state index contributed by atoms with van der Waals surface area (Å²) in [5.74, 6) is 1.64. The molecule has 0 saturated heterocycles. The van der Waals surface area contributed by atoms with Crippen molar-refractivity contribution in [2.75, 3.05) is 27.2 Å². The van der Waals surface area contributed by atoms with Gasteiger partial charge in [0, 0.05) is 31.0 Å². The normalized spacial score (nSPS) is 12.3. The molecule has 1 aromatic heterocycles. The Kier molecular flexibility index (Phi) is 6.81. The molecule has 0 aliphatic rings. The van der Waals surface area contributed by atoms with Crippen LogP contribution in [-0.2, 0) is 16.6 Å². The maximum Gasteiger partial charge on any atom is 0.243 e. The minimum Gasteiger partial charge on any atom is -0.445 e. The number of hydrogen-bond acceptors (Lipinski definition) is 4. The van der Waals surface area contributed by atoms with Gasteiger partial charge in [0.15, 0.2) is 5.89 Å². The fourth-order valence-electron chi connectivity index (χ4n) is 1.87. The Bertz CT molecular complexity index is 510. The number of carbonyl (C=O) groups excluding carboxylic acids is 1. The molecule has 0 atom stereocenters. The predicted octanol–water partition coefficient (Wildman–Crippen LogP) is 2.45. The van der Waals surface area contributed by atoms with Gasteiger partial charge in [0.05, 0.1) is 5.69 Å². The zero-order chi connectivity index (χ0) is 16.8. The summed E-state index contributed by atoms with van der Waals surface area (Å²) in [6.07, 6.45) is 5.06. The number of aryl methyl sites for hydroxylation is 2. The van der Waals surface area contributed by atoms with Crippen molar-refractivity contribution in [2.45, 2.75) is 46.0 Å². The van der Waals surface area contributed by atoms with E-state index in [4.69, 9.17) is 4.42 Å². The number of hydrogen-bond donors (Lipinski definition) is 1. The molecular formula is C17H29N3O2. The van der Waals surface area contributed by atoms with Gasteiger partial charge in [0.25, 0.3) is 0 Å². The van der Waals surface area contributed by atoms with E-state index in [-0.39, 0.29) is 11.3 Å². The molecule has 1 amide bonds. The van der Waals surface area contributed by atoms with E-state index in [9.17, 15) is 4.79 Å². The molecular weight excluding hydrogens is 278 g/mol. The summed E-state index contributed by atoms with van der Waals surface area (Å²) in [6, 6.07) is 0. The molecule has 0 unspecified atom stereocenters. The first kappa shape index (κ1) is 18.4. The second kappa shape index (κ2) is 8.13. The van der Waals surface area contributed by atoms with Gasteiger partial charge in [-0.25, -0.2) is 4.98 Å². The van der Waals surface area contributed by atoms with Gasteiger partial charge in [-0.15, -0.1) is 0 Å². The Hall–Kier alpha value is -1.62. The molecule has 5 heteroatoms. The van der Waals surface area contributed by atoms with Crippen LogP contribution in [0.15, 0.2) is 16.6 Å². The van der Waals surface area contributed by atoms with Gasteiger partial charge in [-0.2, -0.15) is 0 Å². The van der Waals surface area contributed by atoms with Crippen molar-refractivity contribution in [1.29, 1.82) is 0 Å². The summed E-state index contributed by atoms with van der Waals surface area (Å²) in [4.78, 5) is 18.1. The number of carbonyl (C=O) groups is 1. The molecule has 22 heavy (non-hydrogen) atoms. The summed E-state index contributed by atoms with van der Waals surface area (Å²) < 4.78 is 5.83. The molecule has 1 N–H and O–H groups in total. The Morgan fingerprint density at radius 2 is 2.05 bits per heavy atom. The summed E-state index contributed by atoms with van der Waals surface area (Å²) in [7, 11) is 3.93. The van der Waals surface area contributed by atoms with Crippen LogP contribution in [0, 0.1) is 6.92 Å². The lowest BCUT2D eigenvalue weighted by molar-refractivity contribution is -0.116. The van der Waals surface area contributed by atoms with Crippen molar-refractivity contribution >= 4 is 5.91 Å². The standard InChI is InChI=1S/C17H29N3O2/c1-13-14(22-16(19-13)17(2,3)4)9-7-11-18-15(21)10-8-12-20(5)6/h8,10H,7,9,11-12H2,1-6H3,(H,18,21)/b10-8+. The fraction of sp³-hybridized carbons (Fsp3) is 0.647. The summed E-state index contributed by atoms with van der Waals surface area (Å²) in [5.41, 5.74) is 0.871. The molecule has 0 radical (unpaired) electrons. The van der Waals surface area contributed by atoms with E-state index < -0.39 is 0 Å². The topological polar surface area (TPSA) is 58.4 Å². The number of aromatic nitrogens is 1. The van der Waals surface area contributed by atoms with Crippen molar-refractivity contribution in [1.82, 2.24) is 15.2 Å². The molecule has 0 saturated carbocycles. The highest BCUT2D eigenvalue weighted by Gasteiger charge is 2.21. The van der Waals surface area contributed by atoms with E-state index >= 15 is 0 Å². The molecule has 5 nitrogen and oxygen atoms in total. The molecule has 0 fully saturated rings. The number of likely N-dealkylation sites (N-methyl/N-ethyl adjacent to an activating group) is 1. The third kappa shape index (κ3) is 6.43. The number of amides is 1. The van der Waals surface area contributed by atoms with Crippen LogP contribution in [0.4, 0.5) is 0 Å². The highest BCUT2D eigenvalue weighted by Crippen LogP contribution is 2.24. The first-order chi connectivity index (χ1) is 10.2. The second-order valence-electron chi connectivity index (χ2n) is 6.84. The zero-order valence-electron chi connectivity index (χ0n) is 14.7.